The van der Waals surface area contributed by atoms with Crippen LogP contribution in [0.3, 0.4) is 0 Å². The molecule has 0 saturated heterocycles. The van der Waals surface area contributed by atoms with Crippen molar-refractivity contribution in [1.82, 2.24) is 4.90 Å². The van der Waals surface area contributed by atoms with Crippen LogP contribution in [0.2, 0.25) is 0 Å². The van der Waals surface area contributed by atoms with Gasteiger partial charge in [0.1, 0.15) is 5.75 Å². The Morgan fingerprint density at radius 1 is 1.06 bits per heavy atom. The Hall–Kier alpha value is -2.95. The van der Waals surface area contributed by atoms with Gasteiger partial charge in [0.05, 0.1) is 25.6 Å². The third-order valence-corrected chi connectivity index (χ3v) is 6.89. The molecule has 4 rings (SSSR count). The first-order valence-electron chi connectivity index (χ1n) is 11.1. The highest BCUT2D eigenvalue weighted by Gasteiger charge is 2.38. The highest BCUT2D eigenvalue weighted by molar-refractivity contribution is 6.16. The van der Waals surface area contributed by atoms with Crippen molar-refractivity contribution in [1.29, 1.82) is 0 Å². The maximum absolute atomic E-state index is 13.4. The Kier molecular flexibility index (Phi) is 6.21. The molecule has 5 nitrogen and oxygen atoms in total. The van der Waals surface area contributed by atoms with Crippen molar-refractivity contribution in [2.24, 2.45) is 16.8 Å². The van der Waals surface area contributed by atoms with Gasteiger partial charge >= 0.3 is 0 Å². The van der Waals surface area contributed by atoms with Crippen LogP contribution < -0.4 is 4.74 Å². The van der Waals surface area contributed by atoms with Gasteiger partial charge < -0.3 is 4.74 Å². The smallest absolute Gasteiger partial charge is 0.261 e. The molecular weight excluding hydrogens is 388 g/mol. The van der Waals surface area contributed by atoms with E-state index in [1.807, 2.05) is 42.5 Å². The Morgan fingerprint density at radius 2 is 1.81 bits per heavy atom. The van der Waals surface area contributed by atoms with Crippen molar-refractivity contribution in [2.75, 3.05) is 7.11 Å². The Balaban J connectivity index is 1.62. The maximum atomic E-state index is 13.4. The number of methoxy groups -OCH3 is 1. The molecule has 162 valence electrons. The average Bonchev–Trinajstić information content (AvgIpc) is 2.79. The van der Waals surface area contributed by atoms with Crippen LogP contribution in [0.25, 0.3) is 0 Å². The summed E-state index contributed by atoms with van der Waals surface area (Å²) in [7, 11) is 1.61. The molecular formula is C26H30N2O3. The molecule has 1 aliphatic carbocycles. The number of rotatable bonds is 5. The normalized spacial score (nSPS) is 26.2. The molecule has 31 heavy (non-hydrogen) atoms. The predicted octanol–water partition coefficient (Wildman–Crippen LogP) is 4.86. The zero-order chi connectivity index (χ0) is 22.0. The van der Waals surface area contributed by atoms with E-state index in [0.717, 1.165) is 23.3 Å². The van der Waals surface area contributed by atoms with Crippen molar-refractivity contribution >= 4 is 18.0 Å². The molecule has 1 fully saturated rings. The number of carbonyl (C=O) groups excluding carboxylic acids is 2. The van der Waals surface area contributed by atoms with Crippen LogP contribution in [0.5, 0.6) is 5.75 Å². The number of benzene rings is 2. The van der Waals surface area contributed by atoms with Crippen LogP contribution in [0.1, 0.15) is 60.5 Å². The molecule has 0 radical (unpaired) electrons. The summed E-state index contributed by atoms with van der Waals surface area (Å²) in [6.07, 6.45) is 5.26. The zero-order valence-electron chi connectivity index (χ0n) is 18.5. The fraction of sp³-hybridized carbons (Fsp3) is 0.423. The maximum Gasteiger partial charge on any atom is 0.261 e. The van der Waals surface area contributed by atoms with E-state index in [-0.39, 0.29) is 24.4 Å². The molecule has 2 amide bonds. The summed E-state index contributed by atoms with van der Waals surface area (Å²) in [5, 5.41) is 0. The summed E-state index contributed by atoms with van der Waals surface area (Å²) in [6.45, 7) is 4.77. The molecule has 1 unspecified atom stereocenters. The molecule has 0 aromatic heterocycles. The second-order valence-corrected chi connectivity index (χ2v) is 8.78. The molecule has 2 aromatic rings. The van der Waals surface area contributed by atoms with Crippen LogP contribution in [-0.2, 0) is 11.3 Å². The summed E-state index contributed by atoms with van der Waals surface area (Å²) in [5.41, 5.74) is 2.22. The first-order valence-corrected chi connectivity index (χ1v) is 11.1. The predicted molar refractivity (Wildman–Crippen MR) is 122 cm³/mol. The number of amides is 2. The number of ether oxygens (including phenoxy) is 1. The van der Waals surface area contributed by atoms with Crippen LogP contribution in [0.15, 0.2) is 53.5 Å². The second kappa shape index (κ2) is 9.04. The fourth-order valence-corrected chi connectivity index (χ4v) is 4.68. The third-order valence-electron chi connectivity index (χ3n) is 6.89. The monoisotopic (exact) mass is 418 g/mol. The average molecular weight is 419 g/mol. The minimum absolute atomic E-state index is 0.209. The van der Waals surface area contributed by atoms with Crippen LogP contribution in [-0.4, -0.2) is 36.1 Å². The number of imide groups is 1. The number of carbonyl (C=O) groups is 2. The van der Waals surface area contributed by atoms with E-state index < -0.39 is 5.92 Å². The molecule has 5 heteroatoms. The lowest BCUT2D eigenvalue weighted by molar-refractivity contribution is -0.129. The third kappa shape index (κ3) is 4.27. The molecule has 0 bridgehead atoms. The standard InChI is InChI=1S/C26H30N2O3/c1-17-7-6-10-24(18(17)2)27-15-23-21-8-4-5-9-22(21)25(29)28(26(23)30)16-19-11-13-20(31-3)14-12-19/h4-5,8-9,11-15,17-18,23-24H,6-7,10,16H2,1-3H3/t17-,18-,23?,24+/m1/s1. The minimum atomic E-state index is -0.531. The van der Waals surface area contributed by atoms with Gasteiger partial charge in [0.25, 0.3) is 5.91 Å². The molecule has 1 aliphatic heterocycles. The van der Waals surface area contributed by atoms with Gasteiger partial charge in [-0.1, -0.05) is 57.0 Å². The molecule has 4 atom stereocenters. The van der Waals surface area contributed by atoms with Gasteiger partial charge in [-0.3, -0.25) is 19.5 Å². The number of aliphatic imine (C=N–C) groups is 1. The van der Waals surface area contributed by atoms with Crippen molar-refractivity contribution < 1.29 is 14.3 Å². The van der Waals surface area contributed by atoms with Gasteiger partial charge in [-0.05, 0) is 47.6 Å². The van der Waals surface area contributed by atoms with Crippen LogP contribution in [0, 0.1) is 11.8 Å². The number of hydrogen-bond acceptors (Lipinski definition) is 4. The van der Waals surface area contributed by atoms with E-state index in [1.165, 1.54) is 17.7 Å². The lowest BCUT2D eigenvalue weighted by atomic mass is 9.78. The van der Waals surface area contributed by atoms with Gasteiger partial charge in [0.15, 0.2) is 0 Å². The number of fused-ring (bicyclic) bond motifs is 1. The SMILES string of the molecule is COc1ccc(CN2C(=O)c3ccccc3C(C=N[C@H]3CCC[C@@H](C)[C@H]3C)C2=O)cc1. The first-order chi connectivity index (χ1) is 15.0. The van der Waals surface area contributed by atoms with Gasteiger partial charge in [-0.25, -0.2) is 0 Å². The molecule has 2 aromatic carbocycles. The van der Waals surface area contributed by atoms with E-state index >= 15 is 0 Å². The largest absolute Gasteiger partial charge is 0.497 e. The lowest BCUT2D eigenvalue weighted by Gasteiger charge is -2.33. The summed E-state index contributed by atoms with van der Waals surface area (Å²) in [6, 6.07) is 15.1. The van der Waals surface area contributed by atoms with Crippen LogP contribution >= 0.6 is 0 Å². The van der Waals surface area contributed by atoms with E-state index in [2.05, 4.69) is 13.8 Å². The molecule has 1 heterocycles. The van der Waals surface area contributed by atoms with Gasteiger partial charge in [-0.15, -0.1) is 0 Å². The first kappa shape index (κ1) is 21.3. The minimum Gasteiger partial charge on any atom is -0.497 e. The fourth-order valence-electron chi connectivity index (χ4n) is 4.68. The van der Waals surface area contributed by atoms with Crippen molar-refractivity contribution in [2.45, 2.75) is 51.6 Å². The molecule has 2 aliphatic rings. The number of hydrogen-bond donors (Lipinski definition) is 0. The van der Waals surface area contributed by atoms with Gasteiger partial charge in [-0.2, -0.15) is 0 Å². The highest BCUT2D eigenvalue weighted by Crippen LogP contribution is 2.33. The summed E-state index contributed by atoms with van der Waals surface area (Å²) in [5.74, 6) is 0.887. The lowest BCUT2D eigenvalue weighted by Crippen LogP contribution is -2.44. The van der Waals surface area contributed by atoms with Crippen molar-refractivity contribution in [3.05, 3.63) is 65.2 Å². The van der Waals surface area contributed by atoms with Crippen LogP contribution in [0.4, 0.5) is 0 Å². The Morgan fingerprint density at radius 3 is 2.55 bits per heavy atom. The summed E-state index contributed by atoms with van der Waals surface area (Å²) >= 11 is 0. The zero-order valence-corrected chi connectivity index (χ0v) is 18.5. The molecule has 1 saturated carbocycles. The molecule has 0 spiro atoms. The topological polar surface area (TPSA) is 59.0 Å². The van der Waals surface area contributed by atoms with E-state index in [0.29, 0.717) is 17.4 Å². The van der Waals surface area contributed by atoms with E-state index in [4.69, 9.17) is 9.73 Å². The molecule has 0 N–H and O–H groups in total. The summed E-state index contributed by atoms with van der Waals surface area (Å²) in [4.78, 5) is 32.8. The quantitative estimate of drug-likeness (QED) is 0.515. The van der Waals surface area contributed by atoms with Crippen molar-refractivity contribution in [3.8, 4) is 5.75 Å². The Labute approximate surface area is 184 Å². The second-order valence-electron chi connectivity index (χ2n) is 8.78. The summed E-state index contributed by atoms with van der Waals surface area (Å²) < 4.78 is 5.21. The highest BCUT2D eigenvalue weighted by atomic mass is 16.5. The Bertz CT molecular complexity index is 982. The van der Waals surface area contributed by atoms with Crippen molar-refractivity contribution in [3.63, 3.8) is 0 Å². The van der Waals surface area contributed by atoms with E-state index in [9.17, 15) is 9.59 Å². The van der Waals surface area contributed by atoms with Gasteiger partial charge in [0.2, 0.25) is 5.91 Å². The number of nitrogens with zero attached hydrogens (tertiary/aromatic N) is 2. The van der Waals surface area contributed by atoms with E-state index in [1.54, 1.807) is 19.4 Å². The van der Waals surface area contributed by atoms with Gasteiger partial charge in [0, 0.05) is 11.8 Å².